The summed E-state index contributed by atoms with van der Waals surface area (Å²) < 4.78 is 23.7. The average molecular weight is 316 g/mol. The molecule has 23 heavy (non-hydrogen) atoms. The number of benzene rings is 2. The molecule has 0 aliphatic heterocycles. The van der Waals surface area contributed by atoms with Crippen molar-refractivity contribution in [2.45, 2.75) is 33.2 Å². The number of aryl methyl sites for hydroxylation is 2. The van der Waals surface area contributed by atoms with E-state index in [4.69, 9.17) is 9.39 Å². The van der Waals surface area contributed by atoms with Crippen LogP contribution in [0.3, 0.4) is 0 Å². The molecule has 5 heteroatoms. The smallest absolute Gasteiger partial charge is 0.493 e. The lowest BCUT2D eigenvalue weighted by molar-refractivity contribution is 0.213. The van der Waals surface area contributed by atoms with Crippen molar-refractivity contribution in [1.82, 2.24) is 0 Å². The van der Waals surface area contributed by atoms with Gasteiger partial charge in [0.2, 0.25) is 0 Å². The predicted molar refractivity (Wildman–Crippen MR) is 90.2 cm³/mol. The molecule has 2 aromatic carbocycles. The van der Waals surface area contributed by atoms with Gasteiger partial charge in [-0.05, 0) is 67.6 Å². The van der Waals surface area contributed by atoms with Crippen LogP contribution in [0.15, 0.2) is 36.4 Å². The van der Waals surface area contributed by atoms with Crippen LogP contribution in [0.5, 0.6) is 5.75 Å². The van der Waals surface area contributed by atoms with Crippen LogP contribution < -0.4 is 4.74 Å². The molecule has 1 N–H and O–H groups in total. The second kappa shape index (κ2) is 7.62. The van der Waals surface area contributed by atoms with Crippen molar-refractivity contribution in [3.05, 3.63) is 64.5 Å². The molecule has 0 saturated heterocycles. The van der Waals surface area contributed by atoms with E-state index in [1.165, 1.54) is 13.2 Å². The first-order valence-corrected chi connectivity index (χ1v) is 7.62. The minimum absolute atomic E-state index is 0.211. The minimum atomic E-state index is -0.962. The lowest BCUT2D eigenvalue weighted by Gasteiger charge is -2.18. The van der Waals surface area contributed by atoms with E-state index in [1.54, 1.807) is 13.0 Å². The first-order valence-electron chi connectivity index (χ1n) is 7.62. The standard InChI is InChI=1S/C18H22BFO3/c1-12-10-17(20)7-6-16(12)11-15-5-8-18(13(2)9-15)23-14(3)19(21)22-4/h5-10,14,21H,11H2,1-4H3. The van der Waals surface area contributed by atoms with Gasteiger partial charge in [0.1, 0.15) is 17.6 Å². The molecule has 0 bridgehead atoms. The Morgan fingerprint density at radius 3 is 2.48 bits per heavy atom. The molecule has 1 atom stereocenters. The first kappa shape index (κ1) is 17.5. The predicted octanol–water partition coefficient (Wildman–Crippen LogP) is 3.47. The van der Waals surface area contributed by atoms with Gasteiger partial charge in [0.15, 0.2) is 0 Å². The maximum absolute atomic E-state index is 13.2. The van der Waals surface area contributed by atoms with Gasteiger partial charge in [-0.15, -0.1) is 0 Å². The van der Waals surface area contributed by atoms with Crippen molar-refractivity contribution in [3.8, 4) is 5.75 Å². The molecule has 0 fully saturated rings. The fraction of sp³-hybridized carbons (Fsp3) is 0.333. The van der Waals surface area contributed by atoms with Gasteiger partial charge >= 0.3 is 7.12 Å². The van der Waals surface area contributed by atoms with Gasteiger partial charge in [0.05, 0.1) is 0 Å². The summed E-state index contributed by atoms with van der Waals surface area (Å²) in [7, 11) is 0.474. The van der Waals surface area contributed by atoms with Crippen molar-refractivity contribution in [2.24, 2.45) is 0 Å². The van der Waals surface area contributed by atoms with Crippen LogP contribution in [0, 0.1) is 19.7 Å². The number of rotatable bonds is 6. The number of hydrogen-bond acceptors (Lipinski definition) is 3. The highest BCUT2D eigenvalue weighted by Crippen LogP contribution is 2.23. The van der Waals surface area contributed by atoms with E-state index in [1.807, 2.05) is 38.1 Å². The molecule has 0 saturated carbocycles. The quantitative estimate of drug-likeness (QED) is 0.830. The van der Waals surface area contributed by atoms with Gasteiger partial charge in [0, 0.05) is 7.11 Å². The van der Waals surface area contributed by atoms with Gasteiger partial charge in [-0.2, -0.15) is 0 Å². The third-order valence-corrected chi connectivity index (χ3v) is 3.89. The van der Waals surface area contributed by atoms with Gasteiger partial charge in [-0.3, -0.25) is 0 Å². The number of hydrogen-bond donors (Lipinski definition) is 1. The monoisotopic (exact) mass is 316 g/mol. The molecular formula is C18H22BFO3. The minimum Gasteiger partial charge on any atom is -0.493 e. The van der Waals surface area contributed by atoms with E-state index >= 15 is 0 Å². The Labute approximate surface area is 137 Å². The molecule has 0 amide bonds. The molecule has 0 aliphatic carbocycles. The zero-order valence-corrected chi connectivity index (χ0v) is 14.0. The zero-order chi connectivity index (χ0) is 17.0. The Hall–Kier alpha value is -1.85. The van der Waals surface area contributed by atoms with Crippen LogP contribution >= 0.6 is 0 Å². The topological polar surface area (TPSA) is 38.7 Å². The van der Waals surface area contributed by atoms with Gasteiger partial charge in [0.25, 0.3) is 0 Å². The molecule has 0 spiro atoms. The van der Waals surface area contributed by atoms with Crippen LogP contribution in [-0.4, -0.2) is 25.3 Å². The maximum atomic E-state index is 13.2. The number of ether oxygens (including phenoxy) is 1. The Kier molecular flexibility index (Phi) is 5.80. The summed E-state index contributed by atoms with van der Waals surface area (Å²) in [6, 6.07) is 10.3. The van der Waals surface area contributed by atoms with Crippen LogP contribution in [-0.2, 0) is 11.1 Å². The molecule has 3 nitrogen and oxygen atoms in total. The fourth-order valence-corrected chi connectivity index (χ4v) is 2.48. The zero-order valence-electron chi connectivity index (χ0n) is 14.0. The summed E-state index contributed by atoms with van der Waals surface area (Å²) in [5.74, 6) is 0.505. The molecule has 0 aromatic heterocycles. The summed E-state index contributed by atoms with van der Waals surface area (Å²) in [4.78, 5) is 0. The summed E-state index contributed by atoms with van der Waals surface area (Å²) in [6.07, 6.45) is 0.740. The lowest BCUT2D eigenvalue weighted by atomic mass is 9.83. The normalized spacial score (nSPS) is 12.1. The SMILES string of the molecule is COB(O)C(C)Oc1ccc(Cc2ccc(F)cc2C)cc1C. The fourth-order valence-electron chi connectivity index (χ4n) is 2.48. The molecule has 2 rings (SSSR count). The van der Waals surface area contributed by atoms with Gasteiger partial charge < -0.3 is 14.4 Å². The Balaban J connectivity index is 2.12. The summed E-state index contributed by atoms with van der Waals surface area (Å²) >= 11 is 0. The van der Waals surface area contributed by atoms with Crippen molar-refractivity contribution in [3.63, 3.8) is 0 Å². The van der Waals surface area contributed by atoms with Crippen molar-refractivity contribution < 1.29 is 18.8 Å². The lowest BCUT2D eigenvalue weighted by Crippen LogP contribution is -2.35. The second-order valence-corrected chi connectivity index (χ2v) is 5.80. The largest absolute Gasteiger partial charge is 0.497 e. The van der Waals surface area contributed by atoms with Crippen LogP contribution in [0.1, 0.15) is 29.2 Å². The van der Waals surface area contributed by atoms with E-state index in [9.17, 15) is 9.41 Å². The van der Waals surface area contributed by atoms with E-state index in [0.717, 1.165) is 28.7 Å². The van der Waals surface area contributed by atoms with Gasteiger partial charge in [-0.25, -0.2) is 4.39 Å². The average Bonchev–Trinajstić information content (AvgIpc) is 2.51. The number of halogens is 1. The maximum Gasteiger partial charge on any atom is 0.497 e. The molecule has 0 heterocycles. The third-order valence-electron chi connectivity index (χ3n) is 3.89. The molecule has 2 aromatic rings. The Morgan fingerprint density at radius 1 is 1.13 bits per heavy atom. The molecule has 0 aliphatic rings. The van der Waals surface area contributed by atoms with Crippen molar-refractivity contribution in [2.75, 3.05) is 7.11 Å². The highest BCUT2D eigenvalue weighted by Gasteiger charge is 2.23. The van der Waals surface area contributed by atoms with Crippen LogP contribution in [0.25, 0.3) is 0 Å². The van der Waals surface area contributed by atoms with E-state index in [0.29, 0.717) is 5.75 Å². The van der Waals surface area contributed by atoms with E-state index in [2.05, 4.69) is 0 Å². The highest BCUT2D eigenvalue weighted by atomic mass is 19.1. The Morgan fingerprint density at radius 2 is 1.87 bits per heavy atom. The van der Waals surface area contributed by atoms with Crippen molar-refractivity contribution in [1.29, 1.82) is 0 Å². The molecule has 0 radical (unpaired) electrons. The second-order valence-electron chi connectivity index (χ2n) is 5.80. The van der Waals surface area contributed by atoms with E-state index < -0.39 is 13.1 Å². The first-order chi connectivity index (χ1) is 10.9. The van der Waals surface area contributed by atoms with Crippen LogP contribution in [0.2, 0.25) is 0 Å². The Bertz CT molecular complexity index is 675. The third kappa shape index (κ3) is 4.56. The highest BCUT2D eigenvalue weighted by molar-refractivity contribution is 6.44. The molecular weight excluding hydrogens is 294 g/mol. The molecule has 1 unspecified atom stereocenters. The summed E-state index contributed by atoms with van der Waals surface area (Å²) in [5, 5.41) is 9.60. The van der Waals surface area contributed by atoms with Crippen molar-refractivity contribution >= 4 is 7.12 Å². The summed E-state index contributed by atoms with van der Waals surface area (Å²) in [6.45, 7) is 5.63. The molecule has 122 valence electrons. The summed E-state index contributed by atoms with van der Waals surface area (Å²) in [5.41, 5.74) is 4.16. The van der Waals surface area contributed by atoms with E-state index in [-0.39, 0.29) is 5.82 Å². The van der Waals surface area contributed by atoms with Gasteiger partial charge in [-0.1, -0.05) is 18.2 Å². The van der Waals surface area contributed by atoms with Crippen LogP contribution in [0.4, 0.5) is 4.39 Å².